The average Bonchev–Trinajstić information content (AvgIpc) is 2.62. The van der Waals surface area contributed by atoms with E-state index in [2.05, 4.69) is 108 Å². The second-order valence-electron chi connectivity index (χ2n) is 11.2. The Kier molecular flexibility index (Phi) is 15.5. The fourth-order valence-corrected chi connectivity index (χ4v) is 4.62. The first kappa shape index (κ1) is 30.8. The van der Waals surface area contributed by atoms with E-state index in [1.165, 1.54) is 0 Å². The van der Waals surface area contributed by atoms with Crippen molar-refractivity contribution in [2.24, 2.45) is 0 Å². The van der Waals surface area contributed by atoms with E-state index in [1.807, 2.05) is 0 Å². The highest BCUT2D eigenvalue weighted by atomic mass is 15.3. The van der Waals surface area contributed by atoms with E-state index in [9.17, 15) is 0 Å². The van der Waals surface area contributed by atoms with Gasteiger partial charge in [-0.15, -0.1) is 0 Å². The smallest absolute Gasteiger partial charge is 0.0128 e. The van der Waals surface area contributed by atoms with Gasteiger partial charge in [-0.3, -0.25) is 14.7 Å². The first-order valence-corrected chi connectivity index (χ1v) is 13.0. The molecule has 0 rings (SSSR count). The van der Waals surface area contributed by atoms with Crippen LogP contribution in [0.3, 0.4) is 0 Å². The highest BCUT2D eigenvalue weighted by Crippen LogP contribution is 2.16. The fraction of sp³-hybridized carbons (Fsp3) is 1.00. The van der Waals surface area contributed by atoms with Crippen LogP contribution in [0, 0.1) is 0 Å². The molecule has 0 spiro atoms. The summed E-state index contributed by atoms with van der Waals surface area (Å²) in [5.74, 6) is 0. The summed E-state index contributed by atoms with van der Waals surface area (Å²) >= 11 is 0. The zero-order chi connectivity index (χ0) is 24.2. The van der Waals surface area contributed by atoms with Gasteiger partial charge in [0.2, 0.25) is 0 Å². The van der Waals surface area contributed by atoms with Gasteiger partial charge in [-0.25, -0.2) is 0 Å². The molecule has 0 aliphatic carbocycles. The minimum atomic E-state index is 0.229. The van der Waals surface area contributed by atoms with Crippen LogP contribution >= 0.6 is 0 Å². The van der Waals surface area contributed by atoms with Crippen LogP contribution in [0.25, 0.3) is 0 Å². The zero-order valence-electron chi connectivity index (χ0n) is 23.5. The molecule has 0 aliphatic rings. The van der Waals surface area contributed by atoms with E-state index in [1.54, 1.807) is 0 Å². The van der Waals surface area contributed by atoms with Crippen molar-refractivity contribution in [2.75, 3.05) is 58.9 Å². The van der Waals surface area contributed by atoms with Crippen LogP contribution < -0.4 is 5.32 Å². The molecule has 0 saturated heterocycles. The summed E-state index contributed by atoms with van der Waals surface area (Å²) in [5.41, 5.74) is 0.229. The van der Waals surface area contributed by atoms with E-state index in [-0.39, 0.29) is 5.54 Å². The Morgan fingerprint density at radius 3 is 1.58 bits per heavy atom. The lowest BCUT2D eigenvalue weighted by molar-refractivity contribution is 0.0836. The molecule has 0 saturated carbocycles. The number of nitrogens with one attached hydrogen (secondary N) is 1. The Balaban J connectivity index is 4.34. The van der Waals surface area contributed by atoms with Crippen molar-refractivity contribution in [2.45, 2.75) is 113 Å². The van der Waals surface area contributed by atoms with Crippen LogP contribution in [0.2, 0.25) is 0 Å². The molecular weight excluding hydrogens is 382 g/mol. The summed E-state index contributed by atoms with van der Waals surface area (Å²) in [5, 5.41) is 3.70. The van der Waals surface area contributed by atoms with Gasteiger partial charge >= 0.3 is 0 Å². The zero-order valence-corrected chi connectivity index (χ0v) is 23.5. The summed E-state index contributed by atoms with van der Waals surface area (Å²) in [4.78, 5) is 10.4. The predicted octanol–water partition coefficient (Wildman–Crippen LogP) is 4.24. The molecule has 0 aromatic carbocycles. The van der Waals surface area contributed by atoms with Gasteiger partial charge in [0.05, 0.1) is 0 Å². The monoisotopic (exact) mass is 441 g/mol. The maximum absolute atomic E-state index is 3.70. The topological polar surface area (TPSA) is 25.0 Å². The van der Waals surface area contributed by atoms with E-state index >= 15 is 0 Å². The molecule has 0 heterocycles. The maximum Gasteiger partial charge on any atom is 0.0128 e. The summed E-state index contributed by atoms with van der Waals surface area (Å²) in [6.45, 7) is 37.9. The van der Waals surface area contributed by atoms with Gasteiger partial charge in [-0.1, -0.05) is 6.92 Å². The Morgan fingerprint density at radius 2 is 1.16 bits per heavy atom. The van der Waals surface area contributed by atoms with Crippen molar-refractivity contribution in [3.63, 3.8) is 0 Å². The minimum absolute atomic E-state index is 0.229. The number of hydrogen-bond acceptors (Lipinski definition) is 5. The first-order valence-electron chi connectivity index (χ1n) is 13.0. The molecule has 31 heavy (non-hydrogen) atoms. The molecule has 188 valence electrons. The van der Waals surface area contributed by atoms with Crippen molar-refractivity contribution >= 4 is 0 Å². The normalized spacial score (nSPS) is 13.5. The van der Waals surface area contributed by atoms with Crippen LogP contribution in [0.4, 0.5) is 0 Å². The van der Waals surface area contributed by atoms with Crippen LogP contribution in [-0.4, -0.2) is 108 Å². The van der Waals surface area contributed by atoms with E-state index < -0.39 is 0 Å². The summed E-state index contributed by atoms with van der Waals surface area (Å²) < 4.78 is 0. The molecule has 0 amide bonds. The standard InChI is InChI=1S/C26H59N5/c1-13-28(18-21-31(25(8)9)26(10,11)12)16-14-27-15-17-29(22(2)3)19-20-30(23(4)5)24(6)7/h22-25,27H,13-21H2,1-12H3. The number of hydrogen-bond donors (Lipinski definition) is 1. The van der Waals surface area contributed by atoms with Gasteiger partial charge in [0, 0.05) is 82.1 Å². The van der Waals surface area contributed by atoms with Crippen LogP contribution in [0.5, 0.6) is 0 Å². The van der Waals surface area contributed by atoms with Gasteiger partial charge in [-0.2, -0.15) is 0 Å². The lowest BCUT2D eigenvalue weighted by Gasteiger charge is -2.40. The summed E-state index contributed by atoms with van der Waals surface area (Å²) in [7, 11) is 0. The molecule has 5 heteroatoms. The molecule has 5 nitrogen and oxygen atoms in total. The van der Waals surface area contributed by atoms with Gasteiger partial charge in [-0.05, 0) is 82.7 Å². The van der Waals surface area contributed by atoms with Crippen molar-refractivity contribution < 1.29 is 0 Å². The van der Waals surface area contributed by atoms with Gasteiger partial charge < -0.3 is 10.2 Å². The third kappa shape index (κ3) is 13.2. The Labute approximate surface area is 196 Å². The maximum atomic E-state index is 3.70. The summed E-state index contributed by atoms with van der Waals surface area (Å²) in [6, 6.07) is 2.39. The van der Waals surface area contributed by atoms with Crippen LogP contribution in [0.1, 0.15) is 83.1 Å². The van der Waals surface area contributed by atoms with Crippen LogP contribution in [0.15, 0.2) is 0 Å². The molecule has 0 aromatic rings. The Morgan fingerprint density at radius 1 is 0.613 bits per heavy atom. The fourth-order valence-electron chi connectivity index (χ4n) is 4.62. The van der Waals surface area contributed by atoms with Crippen molar-refractivity contribution in [1.29, 1.82) is 0 Å². The second-order valence-corrected chi connectivity index (χ2v) is 11.2. The second kappa shape index (κ2) is 15.6. The van der Waals surface area contributed by atoms with Crippen molar-refractivity contribution in [3.8, 4) is 0 Å². The molecular formula is C26H59N5. The first-order chi connectivity index (χ1) is 14.3. The summed E-state index contributed by atoms with van der Waals surface area (Å²) in [6.07, 6.45) is 0. The SMILES string of the molecule is CCN(CCNCCN(CCN(C(C)C)C(C)C)C(C)C)CCN(C(C)C)C(C)(C)C. The molecule has 0 unspecified atom stereocenters. The lowest BCUT2D eigenvalue weighted by atomic mass is 10.0. The highest BCUT2D eigenvalue weighted by Gasteiger charge is 2.24. The third-order valence-corrected chi connectivity index (χ3v) is 6.47. The number of rotatable bonds is 17. The molecule has 0 aliphatic heterocycles. The molecule has 0 atom stereocenters. The largest absolute Gasteiger partial charge is 0.314 e. The minimum Gasteiger partial charge on any atom is -0.314 e. The average molecular weight is 442 g/mol. The van der Waals surface area contributed by atoms with E-state index in [0.29, 0.717) is 24.2 Å². The molecule has 0 fully saturated rings. The van der Waals surface area contributed by atoms with Gasteiger partial charge in [0.25, 0.3) is 0 Å². The Bertz CT molecular complexity index is 420. The predicted molar refractivity (Wildman–Crippen MR) is 140 cm³/mol. The van der Waals surface area contributed by atoms with Gasteiger partial charge in [0.1, 0.15) is 0 Å². The lowest BCUT2D eigenvalue weighted by Crippen LogP contribution is -2.49. The molecule has 1 N–H and O–H groups in total. The number of nitrogens with zero attached hydrogens (tertiary/aromatic N) is 4. The van der Waals surface area contributed by atoms with Crippen molar-refractivity contribution in [3.05, 3.63) is 0 Å². The molecule has 0 bridgehead atoms. The molecule has 0 aromatic heterocycles. The van der Waals surface area contributed by atoms with Crippen LogP contribution in [-0.2, 0) is 0 Å². The Hall–Kier alpha value is -0.200. The quantitative estimate of drug-likeness (QED) is 0.341. The van der Waals surface area contributed by atoms with Crippen molar-refractivity contribution in [1.82, 2.24) is 24.9 Å². The third-order valence-electron chi connectivity index (χ3n) is 6.47. The number of likely N-dealkylation sites (N-methyl/N-ethyl adjacent to an activating group) is 1. The van der Waals surface area contributed by atoms with E-state index in [0.717, 1.165) is 58.9 Å². The van der Waals surface area contributed by atoms with E-state index in [4.69, 9.17) is 0 Å². The van der Waals surface area contributed by atoms with Gasteiger partial charge in [0.15, 0.2) is 0 Å². The highest BCUT2D eigenvalue weighted by molar-refractivity contribution is 4.80. The molecule has 0 radical (unpaired) electrons.